The van der Waals surface area contributed by atoms with Gasteiger partial charge in [0, 0.05) is 6.20 Å². The van der Waals surface area contributed by atoms with Gasteiger partial charge in [-0.15, -0.1) is 0 Å². The molecule has 0 unspecified atom stereocenters. The molecule has 11 nitrogen and oxygen atoms in total. The van der Waals surface area contributed by atoms with Crippen LogP contribution < -0.4 is 33.8 Å². The van der Waals surface area contributed by atoms with Crippen molar-refractivity contribution in [1.29, 1.82) is 0 Å². The maximum atomic E-state index is 14.1. The van der Waals surface area contributed by atoms with Gasteiger partial charge < -0.3 is 28.8 Å². The second-order valence-corrected chi connectivity index (χ2v) is 12.2. The number of hydrogen-bond donors (Lipinski definition) is 1. The molecular formula is C35H33BrN2O9S. The average Bonchev–Trinajstić information content (AvgIpc) is 3.39. The van der Waals surface area contributed by atoms with Crippen molar-refractivity contribution in [3.05, 3.63) is 113 Å². The minimum absolute atomic E-state index is 0.176. The number of carboxylic acid groups (broad SMARTS) is 1. The van der Waals surface area contributed by atoms with Gasteiger partial charge in [0.1, 0.15) is 6.61 Å². The van der Waals surface area contributed by atoms with Crippen LogP contribution in [0.25, 0.3) is 6.08 Å². The fraction of sp³-hybridized carbons (Fsp3) is 0.257. The smallest absolute Gasteiger partial charge is 0.337 e. The van der Waals surface area contributed by atoms with Crippen LogP contribution in [0, 0.1) is 0 Å². The summed E-state index contributed by atoms with van der Waals surface area (Å²) in [6, 6.07) is 14.5. The number of benzene rings is 3. The van der Waals surface area contributed by atoms with Crippen LogP contribution in [0.5, 0.6) is 23.0 Å². The summed E-state index contributed by atoms with van der Waals surface area (Å²) in [5.41, 5.74) is 2.11. The monoisotopic (exact) mass is 736 g/mol. The number of esters is 1. The molecule has 1 aromatic heterocycles. The Kier molecular flexibility index (Phi) is 11.0. The maximum Gasteiger partial charge on any atom is 0.337 e. The summed E-state index contributed by atoms with van der Waals surface area (Å²) >= 11 is 4.78. The molecule has 0 bridgehead atoms. The first-order valence-electron chi connectivity index (χ1n) is 15.1. The molecule has 48 heavy (non-hydrogen) atoms. The molecule has 5 rings (SSSR count). The van der Waals surface area contributed by atoms with Crippen LogP contribution in [0.3, 0.4) is 0 Å². The molecule has 0 fully saturated rings. The third-order valence-corrected chi connectivity index (χ3v) is 8.81. The highest BCUT2D eigenvalue weighted by Crippen LogP contribution is 2.38. The Labute approximate surface area is 288 Å². The van der Waals surface area contributed by atoms with E-state index < -0.39 is 18.0 Å². The molecule has 0 amide bonds. The highest BCUT2D eigenvalue weighted by molar-refractivity contribution is 9.10. The molecule has 0 spiro atoms. The number of aromatic nitrogens is 1. The largest absolute Gasteiger partial charge is 0.490 e. The number of hydrogen-bond acceptors (Lipinski definition) is 10. The van der Waals surface area contributed by atoms with Gasteiger partial charge in [-0.1, -0.05) is 29.5 Å². The van der Waals surface area contributed by atoms with Gasteiger partial charge in [-0.25, -0.2) is 14.6 Å². The summed E-state index contributed by atoms with van der Waals surface area (Å²) < 4.78 is 31.1. The molecule has 2 heterocycles. The second kappa shape index (κ2) is 15.3. The zero-order valence-electron chi connectivity index (χ0n) is 26.7. The molecule has 0 radical (unpaired) electrons. The molecule has 250 valence electrons. The molecule has 0 saturated heterocycles. The van der Waals surface area contributed by atoms with Gasteiger partial charge >= 0.3 is 11.9 Å². The minimum atomic E-state index is -1.00. The van der Waals surface area contributed by atoms with Crippen molar-refractivity contribution in [2.24, 2.45) is 4.99 Å². The normalized spacial score (nSPS) is 14.0. The number of carbonyl (C=O) groups excluding carboxylic acids is 1. The Morgan fingerprint density at radius 2 is 1.62 bits per heavy atom. The van der Waals surface area contributed by atoms with Crippen molar-refractivity contribution < 1.29 is 38.4 Å². The quantitative estimate of drug-likeness (QED) is 0.183. The number of aromatic carboxylic acids is 1. The lowest BCUT2D eigenvalue weighted by Crippen LogP contribution is -2.39. The molecule has 13 heteroatoms. The standard InChI is InChI=1S/C35H33BrN2O9S/c1-5-44-26-13-12-23(17-27(26)45-6-2)30-24(34(42)43-4)18-37-35-38(30)32(39)29(48-35)16-21-14-25(36)31(28(15-21)46-7-3)47-19-20-8-10-22(11-9-20)33(40)41/h8-18,30H,5-7,19H2,1-4H3,(H,40,41)/b29-16-/t30-/m0/s1. The first kappa shape index (κ1) is 34.5. The van der Waals surface area contributed by atoms with Gasteiger partial charge in [-0.3, -0.25) is 9.36 Å². The second-order valence-electron chi connectivity index (χ2n) is 10.3. The van der Waals surface area contributed by atoms with Crippen LogP contribution in [0.1, 0.15) is 53.9 Å². The van der Waals surface area contributed by atoms with Crippen molar-refractivity contribution >= 4 is 45.3 Å². The Bertz CT molecular complexity index is 2050. The zero-order valence-corrected chi connectivity index (χ0v) is 29.1. The zero-order chi connectivity index (χ0) is 34.4. The van der Waals surface area contributed by atoms with E-state index in [1.807, 2.05) is 26.8 Å². The van der Waals surface area contributed by atoms with Gasteiger partial charge in [0.15, 0.2) is 27.8 Å². The Hall–Kier alpha value is -4.88. The number of nitrogens with zero attached hydrogens (tertiary/aromatic N) is 2. The molecule has 1 aliphatic rings. The Morgan fingerprint density at radius 3 is 2.29 bits per heavy atom. The highest BCUT2D eigenvalue weighted by atomic mass is 79.9. The van der Waals surface area contributed by atoms with Crippen molar-refractivity contribution in [2.45, 2.75) is 33.4 Å². The SMILES string of the molecule is CCOc1ccc([C@H]2C(C(=O)OC)=CN=c3s/c(=C\c4cc(Br)c(OCc5ccc(C(=O)O)cc5)c(OCC)c4)c(=O)n32)cc1OCC. The summed E-state index contributed by atoms with van der Waals surface area (Å²) in [6.45, 7) is 6.97. The summed E-state index contributed by atoms with van der Waals surface area (Å²) in [6.07, 6.45) is 3.17. The number of thiazole rings is 1. The predicted molar refractivity (Wildman–Crippen MR) is 183 cm³/mol. The Balaban J connectivity index is 1.54. The van der Waals surface area contributed by atoms with Crippen LogP contribution in [-0.2, 0) is 16.1 Å². The number of methoxy groups -OCH3 is 1. The first-order valence-corrected chi connectivity index (χ1v) is 16.7. The summed E-state index contributed by atoms with van der Waals surface area (Å²) in [5, 5.41) is 9.16. The summed E-state index contributed by atoms with van der Waals surface area (Å²) in [4.78, 5) is 43.0. The molecule has 1 aliphatic heterocycles. The molecule has 4 aromatic rings. The first-order chi connectivity index (χ1) is 23.2. The van der Waals surface area contributed by atoms with Gasteiger partial charge in [0.2, 0.25) is 0 Å². The fourth-order valence-corrected chi connectivity index (χ4v) is 6.66. The van der Waals surface area contributed by atoms with E-state index in [0.29, 0.717) is 67.8 Å². The van der Waals surface area contributed by atoms with E-state index in [2.05, 4.69) is 20.9 Å². The van der Waals surface area contributed by atoms with Gasteiger partial charge in [0.05, 0.1) is 53.1 Å². The van der Waals surface area contributed by atoms with Crippen molar-refractivity contribution in [3.63, 3.8) is 0 Å². The number of carboxylic acids is 1. The van der Waals surface area contributed by atoms with Crippen LogP contribution in [0.2, 0.25) is 0 Å². The number of halogens is 1. The van der Waals surface area contributed by atoms with E-state index in [0.717, 1.165) is 5.56 Å². The minimum Gasteiger partial charge on any atom is -0.490 e. The van der Waals surface area contributed by atoms with Crippen LogP contribution >= 0.6 is 27.3 Å². The maximum absolute atomic E-state index is 14.1. The topological polar surface area (TPSA) is 135 Å². The van der Waals surface area contributed by atoms with Crippen molar-refractivity contribution in [1.82, 2.24) is 4.57 Å². The fourth-order valence-electron chi connectivity index (χ4n) is 5.11. The lowest BCUT2D eigenvalue weighted by molar-refractivity contribution is -0.136. The van der Waals surface area contributed by atoms with E-state index in [1.54, 1.807) is 42.5 Å². The van der Waals surface area contributed by atoms with E-state index in [1.165, 1.54) is 41.3 Å². The Morgan fingerprint density at radius 1 is 0.938 bits per heavy atom. The van der Waals surface area contributed by atoms with Crippen LogP contribution in [-0.4, -0.2) is 48.5 Å². The van der Waals surface area contributed by atoms with Crippen molar-refractivity contribution in [3.8, 4) is 23.0 Å². The predicted octanol–water partition coefficient (Wildman–Crippen LogP) is 5.25. The molecule has 1 N–H and O–H groups in total. The molecule has 0 saturated carbocycles. The number of rotatable bonds is 13. The van der Waals surface area contributed by atoms with Gasteiger partial charge in [-0.2, -0.15) is 0 Å². The van der Waals surface area contributed by atoms with Crippen LogP contribution in [0.4, 0.5) is 0 Å². The molecule has 3 aromatic carbocycles. The molecule has 1 atom stereocenters. The van der Waals surface area contributed by atoms with E-state index in [9.17, 15) is 14.4 Å². The number of carbonyl (C=O) groups is 2. The van der Waals surface area contributed by atoms with E-state index >= 15 is 0 Å². The number of ether oxygens (including phenoxy) is 5. The molecule has 0 aliphatic carbocycles. The third kappa shape index (κ3) is 7.32. The summed E-state index contributed by atoms with van der Waals surface area (Å²) in [7, 11) is 1.28. The van der Waals surface area contributed by atoms with E-state index in [-0.39, 0.29) is 23.3 Å². The van der Waals surface area contributed by atoms with E-state index in [4.69, 9.17) is 28.8 Å². The third-order valence-electron chi connectivity index (χ3n) is 7.22. The van der Waals surface area contributed by atoms with Gasteiger partial charge in [0.25, 0.3) is 5.56 Å². The number of fused-ring (bicyclic) bond motifs is 1. The lowest BCUT2D eigenvalue weighted by Gasteiger charge is -2.23. The van der Waals surface area contributed by atoms with Crippen LogP contribution in [0.15, 0.2) is 80.6 Å². The van der Waals surface area contributed by atoms with Crippen molar-refractivity contribution in [2.75, 3.05) is 26.9 Å². The lowest BCUT2D eigenvalue weighted by atomic mass is 9.97. The highest BCUT2D eigenvalue weighted by Gasteiger charge is 2.31. The molecular weight excluding hydrogens is 704 g/mol. The average molecular weight is 738 g/mol. The summed E-state index contributed by atoms with van der Waals surface area (Å²) in [5.74, 6) is 0.353. The van der Waals surface area contributed by atoms with Gasteiger partial charge in [-0.05, 0) is 95.9 Å².